The van der Waals surface area contributed by atoms with Gasteiger partial charge in [-0.05, 0) is 19.1 Å². The van der Waals surface area contributed by atoms with Crippen LogP contribution in [0.3, 0.4) is 0 Å². The third kappa shape index (κ3) is 2.92. The first-order valence-electron chi connectivity index (χ1n) is 5.29. The van der Waals surface area contributed by atoms with Crippen LogP contribution >= 0.6 is 0 Å². The van der Waals surface area contributed by atoms with Gasteiger partial charge < -0.3 is 10.1 Å². The average Bonchev–Trinajstić information content (AvgIpc) is 2.30. The first-order valence-corrected chi connectivity index (χ1v) is 5.29. The Bertz CT molecular complexity index is 371. The second-order valence-electron chi connectivity index (χ2n) is 4.50. The van der Waals surface area contributed by atoms with E-state index in [1.54, 1.807) is 26.0 Å². The van der Waals surface area contributed by atoms with Gasteiger partial charge in [0.05, 0.1) is 0 Å². The summed E-state index contributed by atoms with van der Waals surface area (Å²) in [6, 6.07) is 8.77. The summed E-state index contributed by atoms with van der Waals surface area (Å²) in [5.41, 5.74) is 0.0563. The van der Waals surface area contributed by atoms with Gasteiger partial charge in [-0.2, -0.15) is 0 Å². The van der Waals surface area contributed by atoms with Crippen LogP contribution in [0, 0.1) is 5.41 Å². The van der Waals surface area contributed by atoms with Crippen molar-refractivity contribution >= 4 is 12.2 Å². The molecule has 0 bridgehead atoms. The van der Waals surface area contributed by atoms with Crippen molar-refractivity contribution < 1.29 is 9.59 Å². The monoisotopic (exact) mass is 219 g/mol. The minimum Gasteiger partial charge on any atom is -0.349 e. The van der Waals surface area contributed by atoms with E-state index >= 15 is 0 Å². The Morgan fingerprint density at radius 2 is 1.88 bits per heavy atom. The van der Waals surface area contributed by atoms with E-state index in [4.69, 9.17) is 0 Å². The lowest BCUT2D eigenvalue weighted by Crippen LogP contribution is -2.43. The normalized spacial score (nSPS) is 12.9. The van der Waals surface area contributed by atoms with Gasteiger partial charge in [0.2, 0.25) is 0 Å². The van der Waals surface area contributed by atoms with Gasteiger partial charge in [-0.25, -0.2) is 0 Å². The maximum atomic E-state index is 11.8. The molecule has 0 saturated heterocycles. The van der Waals surface area contributed by atoms with Crippen LogP contribution in [0.1, 0.15) is 31.1 Å². The highest BCUT2D eigenvalue weighted by Gasteiger charge is 2.26. The molecular weight excluding hydrogens is 202 g/mol. The van der Waals surface area contributed by atoms with Gasteiger partial charge in [0.15, 0.2) is 0 Å². The predicted octanol–water partition coefficient (Wildman–Crippen LogP) is 2.03. The summed E-state index contributed by atoms with van der Waals surface area (Å²) < 4.78 is 0. The maximum Gasteiger partial charge on any atom is 0.251 e. The Kier molecular flexibility index (Phi) is 3.82. The molecule has 1 amide bonds. The number of benzene rings is 1. The molecule has 0 saturated carbocycles. The highest BCUT2D eigenvalue weighted by Crippen LogP contribution is 2.17. The molecule has 0 fully saturated rings. The van der Waals surface area contributed by atoms with Gasteiger partial charge in [0.1, 0.15) is 6.29 Å². The number of rotatable bonds is 4. The molecule has 1 atom stereocenters. The molecule has 3 heteroatoms. The first-order chi connectivity index (χ1) is 7.47. The van der Waals surface area contributed by atoms with Crippen molar-refractivity contribution in [1.82, 2.24) is 5.32 Å². The summed E-state index contributed by atoms with van der Waals surface area (Å²) in [4.78, 5) is 22.6. The summed E-state index contributed by atoms with van der Waals surface area (Å²) >= 11 is 0. The Morgan fingerprint density at radius 3 is 2.38 bits per heavy atom. The van der Waals surface area contributed by atoms with E-state index in [0.29, 0.717) is 5.56 Å². The molecule has 0 spiro atoms. The Labute approximate surface area is 95.9 Å². The molecule has 86 valence electrons. The molecule has 3 nitrogen and oxygen atoms in total. The van der Waals surface area contributed by atoms with E-state index in [1.807, 2.05) is 25.1 Å². The maximum absolute atomic E-state index is 11.8. The molecule has 0 unspecified atom stereocenters. The fraction of sp³-hybridized carbons (Fsp3) is 0.385. The van der Waals surface area contributed by atoms with E-state index in [1.165, 1.54) is 0 Å². The fourth-order valence-electron chi connectivity index (χ4n) is 1.16. The molecule has 0 aliphatic carbocycles. The van der Waals surface area contributed by atoms with Crippen molar-refractivity contribution in [3.05, 3.63) is 35.9 Å². The van der Waals surface area contributed by atoms with Crippen molar-refractivity contribution in [2.45, 2.75) is 26.8 Å². The molecule has 1 N–H and O–H groups in total. The highest BCUT2D eigenvalue weighted by molar-refractivity contribution is 5.94. The van der Waals surface area contributed by atoms with Gasteiger partial charge in [-0.3, -0.25) is 4.79 Å². The zero-order valence-corrected chi connectivity index (χ0v) is 9.86. The van der Waals surface area contributed by atoms with Crippen LogP contribution in [0.25, 0.3) is 0 Å². The van der Waals surface area contributed by atoms with Crippen molar-refractivity contribution in [3.8, 4) is 0 Å². The van der Waals surface area contributed by atoms with Gasteiger partial charge in [0, 0.05) is 17.0 Å². The lowest BCUT2D eigenvalue weighted by Gasteiger charge is -2.26. The zero-order chi connectivity index (χ0) is 12.2. The van der Waals surface area contributed by atoms with Gasteiger partial charge in [-0.15, -0.1) is 0 Å². The standard InChI is InChI=1S/C13H17NO2/c1-10(13(2,3)9-15)14-12(16)11-7-5-4-6-8-11/h4-10H,1-3H3,(H,14,16)/t10-/m0/s1. The molecule has 1 aromatic rings. The van der Waals surface area contributed by atoms with Crippen LogP contribution in [0.4, 0.5) is 0 Å². The van der Waals surface area contributed by atoms with Crippen LogP contribution < -0.4 is 5.32 Å². The molecule has 0 aliphatic heterocycles. The third-order valence-electron chi connectivity index (χ3n) is 2.80. The topological polar surface area (TPSA) is 46.2 Å². The van der Waals surface area contributed by atoms with E-state index in [9.17, 15) is 9.59 Å². The largest absolute Gasteiger partial charge is 0.349 e. The number of hydrogen-bond acceptors (Lipinski definition) is 2. The summed E-state index contributed by atoms with van der Waals surface area (Å²) in [5, 5.41) is 2.82. The highest BCUT2D eigenvalue weighted by atomic mass is 16.1. The van der Waals surface area contributed by atoms with Crippen LogP contribution in [-0.4, -0.2) is 18.2 Å². The average molecular weight is 219 g/mol. The van der Waals surface area contributed by atoms with Crippen LogP contribution in [-0.2, 0) is 4.79 Å². The third-order valence-corrected chi connectivity index (χ3v) is 2.80. The Hall–Kier alpha value is -1.64. The first kappa shape index (κ1) is 12.4. The Balaban J connectivity index is 2.69. The fourth-order valence-corrected chi connectivity index (χ4v) is 1.16. The summed E-state index contributed by atoms with van der Waals surface area (Å²) in [6.07, 6.45) is 0.864. The van der Waals surface area contributed by atoms with Crippen molar-refractivity contribution in [1.29, 1.82) is 0 Å². The molecule has 1 rings (SSSR count). The second kappa shape index (κ2) is 4.92. The van der Waals surface area contributed by atoms with Crippen molar-refractivity contribution in [2.24, 2.45) is 5.41 Å². The van der Waals surface area contributed by atoms with Crippen LogP contribution in [0.5, 0.6) is 0 Å². The summed E-state index contributed by atoms with van der Waals surface area (Å²) in [5.74, 6) is -0.150. The van der Waals surface area contributed by atoms with E-state index in [2.05, 4.69) is 5.32 Å². The van der Waals surface area contributed by atoms with Gasteiger partial charge in [-0.1, -0.05) is 32.0 Å². The molecule has 1 aromatic carbocycles. The smallest absolute Gasteiger partial charge is 0.251 e. The minimum atomic E-state index is -0.551. The molecular formula is C13H17NO2. The van der Waals surface area contributed by atoms with Crippen molar-refractivity contribution in [2.75, 3.05) is 0 Å². The summed E-state index contributed by atoms with van der Waals surface area (Å²) in [7, 11) is 0. The molecule has 16 heavy (non-hydrogen) atoms. The second-order valence-corrected chi connectivity index (χ2v) is 4.50. The van der Waals surface area contributed by atoms with E-state index < -0.39 is 5.41 Å². The molecule has 0 aliphatic rings. The lowest BCUT2D eigenvalue weighted by molar-refractivity contribution is -0.115. The molecule has 0 aromatic heterocycles. The lowest BCUT2D eigenvalue weighted by atomic mass is 9.87. The molecule has 0 heterocycles. The number of carbonyl (C=O) groups excluding carboxylic acids is 2. The number of hydrogen-bond donors (Lipinski definition) is 1. The zero-order valence-electron chi connectivity index (χ0n) is 9.86. The van der Waals surface area contributed by atoms with Crippen LogP contribution in [0.15, 0.2) is 30.3 Å². The van der Waals surface area contributed by atoms with Crippen LogP contribution in [0.2, 0.25) is 0 Å². The van der Waals surface area contributed by atoms with Gasteiger partial charge in [0.25, 0.3) is 5.91 Å². The number of carbonyl (C=O) groups is 2. The van der Waals surface area contributed by atoms with E-state index in [0.717, 1.165) is 6.29 Å². The van der Waals surface area contributed by atoms with Gasteiger partial charge >= 0.3 is 0 Å². The predicted molar refractivity (Wildman–Crippen MR) is 63.2 cm³/mol. The van der Waals surface area contributed by atoms with E-state index in [-0.39, 0.29) is 11.9 Å². The number of nitrogens with one attached hydrogen (secondary N) is 1. The number of aldehydes is 1. The molecule has 0 radical (unpaired) electrons. The number of amides is 1. The Morgan fingerprint density at radius 1 is 1.31 bits per heavy atom. The quantitative estimate of drug-likeness (QED) is 0.787. The SMILES string of the molecule is C[C@H](NC(=O)c1ccccc1)C(C)(C)C=O. The minimum absolute atomic E-state index is 0.150. The summed E-state index contributed by atoms with van der Waals surface area (Å²) in [6.45, 7) is 5.43. The van der Waals surface area contributed by atoms with Crippen molar-refractivity contribution in [3.63, 3.8) is 0 Å².